The van der Waals surface area contributed by atoms with Gasteiger partial charge in [0.2, 0.25) is 0 Å². The lowest BCUT2D eigenvalue weighted by atomic mass is 10.0. The molecule has 0 radical (unpaired) electrons. The van der Waals surface area contributed by atoms with Crippen LogP contribution >= 0.6 is 0 Å². The number of carbonyl (C=O) groups is 2. The van der Waals surface area contributed by atoms with Crippen molar-refractivity contribution in [2.45, 2.75) is 48.5 Å². The van der Waals surface area contributed by atoms with Gasteiger partial charge in [0.05, 0.1) is 18.3 Å². The second-order valence-corrected chi connectivity index (χ2v) is 9.45. The third kappa shape index (κ3) is 4.23. The van der Waals surface area contributed by atoms with E-state index >= 15 is 0 Å². The molecular formula is C30H32N2O3. The Bertz CT molecular complexity index is 1420. The molecule has 0 N–H and O–H groups in total. The van der Waals surface area contributed by atoms with E-state index in [9.17, 15) is 9.59 Å². The number of esters is 1. The summed E-state index contributed by atoms with van der Waals surface area (Å²) in [7, 11) is 1.34. The predicted molar refractivity (Wildman–Crippen MR) is 141 cm³/mol. The fourth-order valence-electron chi connectivity index (χ4n) is 5.09. The number of aryl methyl sites for hydroxylation is 5. The molecule has 0 unspecified atom stereocenters. The minimum atomic E-state index is -0.517. The number of hydrogen-bond donors (Lipinski definition) is 0. The van der Waals surface area contributed by atoms with Crippen molar-refractivity contribution < 1.29 is 14.3 Å². The van der Waals surface area contributed by atoms with E-state index in [0.29, 0.717) is 16.8 Å². The standard InChI is InChI=1S/C30H32N2O3/c1-17-9-10-27(20(4)12-17)31-21(5)15-24(22(31)6)16-26-28(30(34)35-8)23(7)32(29(26)33)25-13-18(2)11-19(3)14-25/h9-16H,1-8H3/b26-16-. The van der Waals surface area contributed by atoms with Crippen LogP contribution in [0.25, 0.3) is 11.8 Å². The normalized spacial score (nSPS) is 14.9. The second-order valence-electron chi connectivity index (χ2n) is 9.45. The molecule has 0 saturated heterocycles. The minimum absolute atomic E-state index is 0.232. The van der Waals surface area contributed by atoms with Gasteiger partial charge in [-0.15, -0.1) is 0 Å². The van der Waals surface area contributed by atoms with Gasteiger partial charge in [0.15, 0.2) is 0 Å². The summed E-state index contributed by atoms with van der Waals surface area (Å²) in [5.41, 5.74) is 10.5. The fraction of sp³-hybridized carbons (Fsp3) is 0.267. The van der Waals surface area contributed by atoms with Crippen molar-refractivity contribution in [1.82, 2.24) is 4.57 Å². The highest BCUT2D eigenvalue weighted by molar-refractivity contribution is 6.23. The Kier molecular flexibility index (Phi) is 6.28. The van der Waals surface area contributed by atoms with Crippen LogP contribution in [-0.2, 0) is 14.3 Å². The molecule has 0 spiro atoms. The Balaban J connectivity index is 1.87. The summed E-state index contributed by atoms with van der Waals surface area (Å²) >= 11 is 0. The third-order valence-electron chi connectivity index (χ3n) is 6.62. The van der Waals surface area contributed by atoms with Gasteiger partial charge < -0.3 is 9.30 Å². The Hall–Kier alpha value is -3.86. The number of amides is 1. The van der Waals surface area contributed by atoms with E-state index in [1.165, 1.54) is 18.2 Å². The predicted octanol–water partition coefficient (Wildman–Crippen LogP) is 6.21. The van der Waals surface area contributed by atoms with E-state index in [4.69, 9.17) is 4.74 Å². The highest BCUT2D eigenvalue weighted by atomic mass is 16.5. The van der Waals surface area contributed by atoms with Crippen molar-refractivity contribution in [2.75, 3.05) is 12.0 Å². The Morgan fingerprint density at radius 2 is 1.51 bits per heavy atom. The molecular weight excluding hydrogens is 436 g/mol. The van der Waals surface area contributed by atoms with Crippen molar-refractivity contribution in [2.24, 2.45) is 0 Å². The maximum atomic E-state index is 13.7. The van der Waals surface area contributed by atoms with E-state index < -0.39 is 5.97 Å². The Morgan fingerprint density at radius 3 is 2.11 bits per heavy atom. The van der Waals surface area contributed by atoms with E-state index in [1.807, 2.05) is 39.0 Å². The molecule has 5 heteroatoms. The van der Waals surface area contributed by atoms with Crippen LogP contribution in [0.2, 0.25) is 0 Å². The molecule has 2 heterocycles. The van der Waals surface area contributed by atoms with Gasteiger partial charge in [0.25, 0.3) is 5.91 Å². The van der Waals surface area contributed by atoms with Gasteiger partial charge in [-0.05, 0) is 101 Å². The average molecular weight is 469 g/mol. The van der Waals surface area contributed by atoms with Crippen molar-refractivity contribution in [3.8, 4) is 5.69 Å². The van der Waals surface area contributed by atoms with Crippen LogP contribution in [-0.4, -0.2) is 23.6 Å². The number of ether oxygens (including phenoxy) is 1. The Morgan fingerprint density at radius 1 is 0.857 bits per heavy atom. The highest BCUT2D eigenvalue weighted by Gasteiger charge is 2.38. The summed E-state index contributed by atoms with van der Waals surface area (Å²) in [5.74, 6) is -0.749. The van der Waals surface area contributed by atoms with Crippen LogP contribution in [0.5, 0.6) is 0 Å². The zero-order chi connectivity index (χ0) is 25.6. The zero-order valence-corrected chi connectivity index (χ0v) is 21.7. The van der Waals surface area contributed by atoms with Crippen molar-refractivity contribution in [3.63, 3.8) is 0 Å². The molecule has 35 heavy (non-hydrogen) atoms. The van der Waals surface area contributed by atoms with Gasteiger partial charge in [0.1, 0.15) is 0 Å². The van der Waals surface area contributed by atoms with Crippen LogP contribution < -0.4 is 4.90 Å². The maximum absolute atomic E-state index is 13.7. The number of aromatic nitrogens is 1. The summed E-state index contributed by atoms with van der Waals surface area (Å²) in [5, 5.41) is 0. The molecule has 1 amide bonds. The molecule has 1 aromatic heterocycles. The number of nitrogens with zero attached hydrogens (tertiary/aromatic N) is 2. The van der Waals surface area contributed by atoms with Crippen molar-refractivity contribution >= 4 is 23.6 Å². The molecule has 180 valence electrons. The quantitative estimate of drug-likeness (QED) is 0.338. The van der Waals surface area contributed by atoms with Crippen LogP contribution in [0.15, 0.2) is 59.3 Å². The number of hydrogen-bond acceptors (Lipinski definition) is 3. The highest BCUT2D eigenvalue weighted by Crippen LogP contribution is 2.37. The lowest BCUT2D eigenvalue weighted by molar-refractivity contribution is -0.136. The van der Waals surface area contributed by atoms with Crippen molar-refractivity contribution in [1.29, 1.82) is 0 Å². The zero-order valence-electron chi connectivity index (χ0n) is 21.7. The summed E-state index contributed by atoms with van der Waals surface area (Å²) in [4.78, 5) is 28.2. The number of carbonyl (C=O) groups excluding carboxylic acids is 2. The smallest absolute Gasteiger partial charge is 0.340 e. The van der Waals surface area contributed by atoms with Gasteiger partial charge in [-0.25, -0.2) is 4.79 Å². The van der Waals surface area contributed by atoms with Crippen LogP contribution in [0.4, 0.5) is 5.69 Å². The van der Waals surface area contributed by atoms with Gasteiger partial charge >= 0.3 is 5.97 Å². The lowest BCUT2D eigenvalue weighted by Crippen LogP contribution is -2.24. The first kappa shape index (κ1) is 24.3. The van der Waals surface area contributed by atoms with Crippen LogP contribution in [0, 0.1) is 41.5 Å². The molecule has 0 fully saturated rings. The number of allylic oxidation sites excluding steroid dienone is 1. The molecule has 0 saturated carbocycles. The number of rotatable bonds is 4. The average Bonchev–Trinajstić information content (AvgIpc) is 3.19. The third-order valence-corrected chi connectivity index (χ3v) is 6.62. The van der Waals surface area contributed by atoms with Crippen LogP contribution in [0.3, 0.4) is 0 Å². The molecule has 5 nitrogen and oxygen atoms in total. The SMILES string of the molecule is COC(=O)C1=C(C)N(c2cc(C)cc(C)c2)C(=O)/C1=C\c1cc(C)n(-c2ccc(C)cc2C)c1C. The first-order chi connectivity index (χ1) is 16.5. The van der Waals surface area contributed by atoms with Crippen LogP contribution in [0.1, 0.15) is 46.1 Å². The fourth-order valence-corrected chi connectivity index (χ4v) is 5.09. The van der Waals surface area contributed by atoms with Crippen molar-refractivity contribution in [3.05, 3.63) is 98.5 Å². The molecule has 0 bridgehead atoms. The molecule has 1 aliphatic heterocycles. The topological polar surface area (TPSA) is 51.5 Å². The molecule has 1 aliphatic rings. The van der Waals surface area contributed by atoms with E-state index in [1.54, 1.807) is 11.8 Å². The summed E-state index contributed by atoms with van der Waals surface area (Å²) in [6.07, 6.45) is 1.82. The second kappa shape index (κ2) is 9.06. The summed E-state index contributed by atoms with van der Waals surface area (Å²) in [6.45, 7) is 14.1. The monoisotopic (exact) mass is 468 g/mol. The molecule has 0 atom stereocenters. The molecule has 4 rings (SSSR count). The summed E-state index contributed by atoms with van der Waals surface area (Å²) < 4.78 is 7.28. The van der Waals surface area contributed by atoms with E-state index in [2.05, 4.69) is 55.7 Å². The van der Waals surface area contributed by atoms with E-state index in [0.717, 1.165) is 39.5 Å². The van der Waals surface area contributed by atoms with Gasteiger partial charge in [-0.1, -0.05) is 23.8 Å². The first-order valence-electron chi connectivity index (χ1n) is 11.7. The summed E-state index contributed by atoms with van der Waals surface area (Å²) in [6, 6.07) is 14.4. The van der Waals surface area contributed by atoms with Gasteiger partial charge in [-0.2, -0.15) is 0 Å². The van der Waals surface area contributed by atoms with Gasteiger partial charge in [-0.3, -0.25) is 9.69 Å². The number of benzene rings is 2. The number of methoxy groups -OCH3 is 1. The maximum Gasteiger partial charge on any atom is 0.340 e. The lowest BCUT2D eigenvalue weighted by Gasteiger charge is -2.19. The molecule has 2 aromatic carbocycles. The molecule has 0 aliphatic carbocycles. The molecule has 3 aromatic rings. The van der Waals surface area contributed by atoms with E-state index in [-0.39, 0.29) is 5.91 Å². The Labute approximate surface area is 207 Å². The number of anilines is 1. The van der Waals surface area contributed by atoms with Gasteiger partial charge in [0, 0.05) is 28.5 Å². The minimum Gasteiger partial charge on any atom is -0.465 e. The first-order valence-corrected chi connectivity index (χ1v) is 11.7. The largest absolute Gasteiger partial charge is 0.465 e.